The molecule has 90 valence electrons. The Morgan fingerprint density at radius 2 is 2.17 bits per heavy atom. The zero-order valence-electron chi connectivity index (χ0n) is 9.79. The van der Waals surface area contributed by atoms with Crippen LogP contribution >= 0.6 is 0 Å². The van der Waals surface area contributed by atoms with Crippen molar-refractivity contribution in [2.24, 2.45) is 0 Å². The summed E-state index contributed by atoms with van der Waals surface area (Å²) in [6.45, 7) is 1.86. The molecule has 5 nitrogen and oxygen atoms in total. The molecule has 0 bridgehead atoms. The van der Waals surface area contributed by atoms with Crippen LogP contribution in [0, 0.1) is 18.3 Å². The average Bonchev–Trinajstić information content (AvgIpc) is 2.34. The normalized spacial score (nSPS) is 10.0. The van der Waals surface area contributed by atoms with Crippen LogP contribution in [0.1, 0.15) is 11.3 Å². The highest BCUT2D eigenvalue weighted by Gasteiger charge is 2.10. The second-order valence-corrected chi connectivity index (χ2v) is 3.85. The summed E-state index contributed by atoms with van der Waals surface area (Å²) < 4.78 is 1.20. The summed E-state index contributed by atoms with van der Waals surface area (Å²) in [5.41, 5.74) is 1.30. The van der Waals surface area contributed by atoms with E-state index < -0.39 is 5.56 Å². The van der Waals surface area contributed by atoms with E-state index >= 15 is 0 Å². The van der Waals surface area contributed by atoms with Gasteiger partial charge in [-0.3, -0.25) is 4.79 Å². The van der Waals surface area contributed by atoms with Crippen molar-refractivity contribution in [1.29, 1.82) is 5.26 Å². The lowest BCUT2D eigenvalue weighted by Crippen LogP contribution is -2.22. The number of benzene rings is 1. The largest absolute Gasteiger partial charge is 0.506 e. The van der Waals surface area contributed by atoms with Crippen LogP contribution in [0.5, 0.6) is 5.75 Å². The van der Waals surface area contributed by atoms with E-state index in [1.165, 1.54) is 4.68 Å². The third-order valence-electron chi connectivity index (χ3n) is 2.58. The molecule has 2 rings (SSSR count). The van der Waals surface area contributed by atoms with Crippen molar-refractivity contribution in [2.45, 2.75) is 13.3 Å². The topological polar surface area (TPSA) is 78.9 Å². The van der Waals surface area contributed by atoms with Crippen LogP contribution in [0.4, 0.5) is 0 Å². The Morgan fingerprint density at radius 1 is 1.44 bits per heavy atom. The Bertz CT molecular complexity index is 683. The van der Waals surface area contributed by atoms with Crippen LogP contribution in [0.25, 0.3) is 5.69 Å². The third-order valence-corrected chi connectivity index (χ3v) is 2.58. The first kappa shape index (κ1) is 11.9. The number of aryl methyl sites for hydroxylation is 1. The van der Waals surface area contributed by atoms with Crippen LogP contribution in [-0.2, 0) is 6.42 Å². The lowest BCUT2D eigenvalue weighted by molar-refractivity contribution is 0.459. The summed E-state index contributed by atoms with van der Waals surface area (Å²) in [5, 5.41) is 22.2. The van der Waals surface area contributed by atoms with Gasteiger partial charge in [0.25, 0.3) is 5.56 Å². The Labute approximate surface area is 104 Å². The molecule has 1 aromatic carbocycles. The first-order valence-corrected chi connectivity index (χ1v) is 5.38. The van der Waals surface area contributed by atoms with Gasteiger partial charge in [0.1, 0.15) is 11.4 Å². The number of rotatable bonds is 2. The molecule has 1 heterocycles. The number of aromatic hydroxyl groups is 1. The summed E-state index contributed by atoms with van der Waals surface area (Å²) in [5.74, 6) is -0.244. The van der Waals surface area contributed by atoms with Gasteiger partial charge in [-0.2, -0.15) is 15.0 Å². The van der Waals surface area contributed by atoms with Crippen molar-refractivity contribution >= 4 is 0 Å². The number of hydrogen-bond donors (Lipinski definition) is 1. The molecule has 0 unspecified atom stereocenters. The summed E-state index contributed by atoms with van der Waals surface area (Å²) in [6.07, 6.45) is -0.0437. The summed E-state index contributed by atoms with van der Waals surface area (Å²) >= 11 is 0. The van der Waals surface area contributed by atoms with Crippen molar-refractivity contribution in [3.63, 3.8) is 0 Å². The minimum absolute atomic E-state index is 0.0437. The van der Waals surface area contributed by atoms with Gasteiger partial charge in [0, 0.05) is 6.07 Å². The van der Waals surface area contributed by atoms with Gasteiger partial charge in [-0.1, -0.05) is 18.2 Å². The van der Waals surface area contributed by atoms with Gasteiger partial charge in [-0.25, -0.2) is 0 Å². The first-order chi connectivity index (χ1) is 8.63. The van der Waals surface area contributed by atoms with Crippen molar-refractivity contribution in [1.82, 2.24) is 9.78 Å². The molecule has 1 aromatic heterocycles. The number of nitriles is 1. The summed E-state index contributed by atoms with van der Waals surface area (Å²) in [7, 11) is 0. The SMILES string of the molecule is Cc1ccccc1-n1nc(CC#N)c(O)cc1=O. The summed E-state index contributed by atoms with van der Waals surface area (Å²) in [6, 6.07) is 10.3. The Kier molecular flexibility index (Phi) is 3.11. The molecule has 0 fully saturated rings. The van der Waals surface area contributed by atoms with E-state index in [1.54, 1.807) is 12.1 Å². The highest BCUT2D eigenvalue weighted by molar-refractivity contribution is 5.40. The predicted octanol–water partition coefficient (Wildman–Crippen LogP) is 1.31. The minimum atomic E-state index is -0.427. The molecule has 0 saturated carbocycles. The Morgan fingerprint density at radius 3 is 2.83 bits per heavy atom. The fourth-order valence-electron chi connectivity index (χ4n) is 1.66. The first-order valence-electron chi connectivity index (χ1n) is 5.38. The van der Waals surface area contributed by atoms with Crippen LogP contribution < -0.4 is 5.56 Å². The average molecular weight is 241 g/mol. The van der Waals surface area contributed by atoms with Gasteiger partial charge in [0.05, 0.1) is 18.2 Å². The molecule has 0 amide bonds. The number of aromatic nitrogens is 2. The maximum atomic E-state index is 11.8. The predicted molar refractivity (Wildman–Crippen MR) is 65.6 cm³/mol. The minimum Gasteiger partial charge on any atom is -0.506 e. The number of para-hydroxylation sites is 1. The smallest absolute Gasteiger partial charge is 0.275 e. The third kappa shape index (κ3) is 2.09. The van der Waals surface area contributed by atoms with Crippen molar-refractivity contribution in [2.75, 3.05) is 0 Å². The Hall–Kier alpha value is -2.61. The van der Waals surface area contributed by atoms with E-state index in [9.17, 15) is 9.90 Å². The van der Waals surface area contributed by atoms with Crippen LogP contribution in [0.15, 0.2) is 35.1 Å². The molecular formula is C13H11N3O2. The second kappa shape index (κ2) is 4.72. The molecule has 1 N–H and O–H groups in total. The van der Waals surface area contributed by atoms with Gasteiger partial charge in [-0.05, 0) is 18.6 Å². The molecule has 0 aliphatic heterocycles. The van der Waals surface area contributed by atoms with Crippen LogP contribution in [0.3, 0.4) is 0 Å². The molecule has 18 heavy (non-hydrogen) atoms. The second-order valence-electron chi connectivity index (χ2n) is 3.85. The molecule has 0 saturated heterocycles. The maximum absolute atomic E-state index is 11.8. The molecule has 0 atom stereocenters. The highest BCUT2D eigenvalue weighted by atomic mass is 16.3. The zero-order valence-corrected chi connectivity index (χ0v) is 9.79. The molecule has 0 spiro atoms. The highest BCUT2D eigenvalue weighted by Crippen LogP contribution is 2.14. The lowest BCUT2D eigenvalue weighted by atomic mass is 10.2. The van der Waals surface area contributed by atoms with E-state index in [0.717, 1.165) is 11.6 Å². The van der Waals surface area contributed by atoms with Crippen molar-refractivity contribution in [3.8, 4) is 17.5 Å². The van der Waals surface area contributed by atoms with Crippen LogP contribution in [0.2, 0.25) is 0 Å². The van der Waals surface area contributed by atoms with Gasteiger partial charge in [0.15, 0.2) is 0 Å². The maximum Gasteiger partial charge on any atom is 0.275 e. The van der Waals surface area contributed by atoms with Crippen molar-refractivity contribution in [3.05, 3.63) is 51.9 Å². The fraction of sp³-hybridized carbons (Fsp3) is 0.154. The molecular weight excluding hydrogens is 230 g/mol. The molecule has 0 aliphatic carbocycles. The van der Waals surface area contributed by atoms with E-state index in [-0.39, 0.29) is 17.9 Å². The van der Waals surface area contributed by atoms with E-state index in [0.29, 0.717) is 5.69 Å². The number of hydrogen-bond acceptors (Lipinski definition) is 4. The van der Waals surface area contributed by atoms with E-state index in [4.69, 9.17) is 5.26 Å². The monoisotopic (exact) mass is 241 g/mol. The lowest BCUT2D eigenvalue weighted by Gasteiger charge is -2.09. The number of nitrogens with zero attached hydrogens (tertiary/aromatic N) is 3. The van der Waals surface area contributed by atoms with Crippen LogP contribution in [-0.4, -0.2) is 14.9 Å². The molecule has 0 aliphatic rings. The standard InChI is InChI=1S/C13H11N3O2/c1-9-4-2-3-5-11(9)16-13(18)8-12(17)10(15-16)6-7-14/h2-5,8,17H,6H2,1H3. The fourth-order valence-corrected chi connectivity index (χ4v) is 1.66. The van der Waals surface area contributed by atoms with E-state index in [2.05, 4.69) is 5.10 Å². The van der Waals surface area contributed by atoms with Crippen molar-refractivity contribution < 1.29 is 5.11 Å². The Balaban J connectivity index is 2.66. The van der Waals surface area contributed by atoms with Gasteiger partial charge < -0.3 is 5.11 Å². The molecule has 2 aromatic rings. The molecule has 0 radical (unpaired) electrons. The van der Waals surface area contributed by atoms with E-state index in [1.807, 2.05) is 25.1 Å². The summed E-state index contributed by atoms with van der Waals surface area (Å²) in [4.78, 5) is 11.8. The van der Waals surface area contributed by atoms with Gasteiger partial charge >= 0.3 is 0 Å². The zero-order chi connectivity index (χ0) is 13.1. The van der Waals surface area contributed by atoms with Gasteiger partial charge in [0.2, 0.25) is 0 Å². The quantitative estimate of drug-likeness (QED) is 0.859. The molecule has 5 heteroatoms. The van der Waals surface area contributed by atoms with Gasteiger partial charge in [-0.15, -0.1) is 0 Å².